The highest BCUT2D eigenvalue weighted by molar-refractivity contribution is 6.06. The second kappa shape index (κ2) is 6.59. The molecule has 0 aromatic carbocycles. The molecule has 3 heterocycles. The third-order valence-electron chi connectivity index (χ3n) is 5.38. The minimum atomic E-state index is -0.684. The first-order chi connectivity index (χ1) is 13.3. The van der Waals surface area contributed by atoms with Crippen LogP contribution in [0.5, 0.6) is 0 Å². The van der Waals surface area contributed by atoms with Gasteiger partial charge in [-0.2, -0.15) is 0 Å². The van der Waals surface area contributed by atoms with E-state index in [0.29, 0.717) is 35.7 Å². The summed E-state index contributed by atoms with van der Waals surface area (Å²) in [5, 5.41) is 2.90. The Hall–Kier alpha value is -2.95. The van der Waals surface area contributed by atoms with E-state index in [1.165, 1.54) is 0 Å². The molecule has 0 bridgehead atoms. The highest BCUT2D eigenvalue weighted by Gasteiger charge is 2.43. The Bertz CT molecular complexity index is 973. The summed E-state index contributed by atoms with van der Waals surface area (Å²) >= 11 is 0. The van der Waals surface area contributed by atoms with Crippen molar-refractivity contribution in [2.45, 2.75) is 51.6 Å². The van der Waals surface area contributed by atoms with Gasteiger partial charge < -0.3 is 20.0 Å². The molecular weight excluding hydrogens is 356 g/mol. The van der Waals surface area contributed by atoms with Gasteiger partial charge >= 0.3 is 0 Å². The van der Waals surface area contributed by atoms with Crippen molar-refractivity contribution >= 4 is 23.0 Å². The summed E-state index contributed by atoms with van der Waals surface area (Å²) in [7, 11) is 0. The lowest BCUT2D eigenvalue weighted by molar-refractivity contribution is -0.139. The van der Waals surface area contributed by atoms with Crippen molar-refractivity contribution in [1.29, 1.82) is 0 Å². The number of likely N-dealkylation sites (tertiary alicyclic amines) is 1. The minimum absolute atomic E-state index is 0.134. The van der Waals surface area contributed by atoms with E-state index < -0.39 is 11.5 Å². The van der Waals surface area contributed by atoms with Crippen LogP contribution >= 0.6 is 0 Å². The van der Waals surface area contributed by atoms with Crippen LogP contribution in [-0.4, -0.2) is 56.8 Å². The summed E-state index contributed by atoms with van der Waals surface area (Å²) in [6.45, 7) is 13.7. The normalized spacial score (nSPS) is 18.4. The summed E-state index contributed by atoms with van der Waals surface area (Å²) in [4.78, 5) is 43.0. The molecule has 8 heteroatoms. The van der Waals surface area contributed by atoms with Crippen LogP contribution in [0.3, 0.4) is 0 Å². The molecule has 28 heavy (non-hydrogen) atoms. The van der Waals surface area contributed by atoms with Crippen molar-refractivity contribution in [2.75, 3.05) is 13.1 Å². The Balaban J connectivity index is 1.56. The van der Waals surface area contributed by atoms with Gasteiger partial charge in [-0.1, -0.05) is 20.8 Å². The number of fused-ring (bicyclic) bond motifs is 1. The van der Waals surface area contributed by atoms with Gasteiger partial charge in [0.2, 0.25) is 5.91 Å². The fourth-order valence-corrected chi connectivity index (χ4v) is 3.41. The van der Waals surface area contributed by atoms with Crippen molar-refractivity contribution in [3.63, 3.8) is 0 Å². The molecule has 0 spiro atoms. The molecule has 1 aliphatic heterocycles. The zero-order valence-corrected chi connectivity index (χ0v) is 16.3. The maximum Gasteiger partial charge on any atom is 0.258 e. The van der Waals surface area contributed by atoms with Crippen molar-refractivity contribution < 1.29 is 9.59 Å². The monoisotopic (exact) mass is 380 g/mol. The Labute approximate surface area is 163 Å². The van der Waals surface area contributed by atoms with Gasteiger partial charge in [0.05, 0.1) is 30.5 Å². The molecule has 2 aliphatic rings. The lowest BCUT2D eigenvalue weighted by Crippen LogP contribution is -2.61. The molecule has 8 nitrogen and oxygen atoms in total. The first-order valence-corrected chi connectivity index (χ1v) is 9.58. The van der Waals surface area contributed by atoms with Crippen LogP contribution < -0.4 is 5.32 Å². The van der Waals surface area contributed by atoms with E-state index in [0.717, 1.165) is 18.5 Å². The van der Waals surface area contributed by atoms with E-state index in [1.807, 2.05) is 20.8 Å². The molecular formula is C20H24N6O2. The van der Waals surface area contributed by atoms with Gasteiger partial charge in [-0.3, -0.25) is 9.59 Å². The molecule has 0 radical (unpaired) electrons. The Morgan fingerprint density at radius 2 is 2.07 bits per heavy atom. The van der Waals surface area contributed by atoms with Crippen molar-refractivity contribution in [2.24, 2.45) is 5.41 Å². The quantitative estimate of drug-likeness (QED) is 0.794. The Morgan fingerprint density at radius 3 is 2.68 bits per heavy atom. The number of carbonyl (C=O) groups is 2. The van der Waals surface area contributed by atoms with Gasteiger partial charge in [0.25, 0.3) is 11.9 Å². The van der Waals surface area contributed by atoms with Crippen molar-refractivity contribution in [3.8, 4) is 0 Å². The maximum atomic E-state index is 13.0. The number of aromatic amines is 1. The summed E-state index contributed by atoms with van der Waals surface area (Å²) in [6.07, 6.45) is 5.57. The molecule has 0 unspecified atom stereocenters. The van der Waals surface area contributed by atoms with E-state index in [1.54, 1.807) is 17.3 Å². The number of aromatic nitrogens is 3. The topological polar surface area (TPSA) is 95.3 Å². The van der Waals surface area contributed by atoms with Gasteiger partial charge in [-0.25, -0.2) is 16.5 Å². The van der Waals surface area contributed by atoms with E-state index in [-0.39, 0.29) is 17.9 Å². The lowest BCUT2D eigenvalue weighted by atomic mass is 9.85. The van der Waals surface area contributed by atoms with Crippen molar-refractivity contribution in [3.05, 3.63) is 35.1 Å². The minimum Gasteiger partial charge on any atom is -0.344 e. The number of H-pyrrole nitrogens is 1. The van der Waals surface area contributed by atoms with Crippen molar-refractivity contribution in [1.82, 2.24) is 25.2 Å². The Kier molecular flexibility index (Phi) is 4.33. The third kappa shape index (κ3) is 3.33. The number of hydrogen-bond acceptors (Lipinski definition) is 4. The average Bonchev–Trinajstić information content (AvgIpc) is 3.36. The first kappa shape index (κ1) is 18.4. The molecule has 4 rings (SSSR count). The molecule has 1 saturated heterocycles. The van der Waals surface area contributed by atoms with Crippen LogP contribution in [-0.2, 0) is 4.79 Å². The second-order valence-electron chi connectivity index (χ2n) is 8.77. The van der Waals surface area contributed by atoms with E-state index in [4.69, 9.17) is 6.57 Å². The fraction of sp³-hybridized carbons (Fsp3) is 0.550. The number of hydrogen-bond donors (Lipinski definition) is 2. The predicted octanol–water partition coefficient (Wildman–Crippen LogP) is 2.11. The molecule has 1 saturated carbocycles. The second-order valence-corrected chi connectivity index (χ2v) is 8.77. The van der Waals surface area contributed by atoms with Crippen LogP contribution in [0.25, 0.3) is 16.0 Å². The van der Waals surface area contributed by atoms with Crippen LogP contribution in [0.2, 0.25) is 0 Å². The molecule has 2 aromatic rings. The number of carbonyl (C=O) groups excluding carboxylic acids is 2. The van der Waals surface area contributed by atoms with E-state index in [9.17, 15) is 9.59 Å². The van der Waals surface area contributed by atoms with Crippen LogP contribution in [0.15, 0.2) is 12.4 Å². The predicted molar refractivity (Wildman–Crippen MR) is 104 cm³/mol. The largest absolute Gasteiger partial charge is 0.344 e. The smallest absolute Gasteiger partial charge is 0.258 e. The number of nitrogens with one attached hydrogen (secondary N) is 2. The summed E-state index contributed by atoms with van der Waals surface area (Å²) < 4.78 is 0. The molecule has 2 fully saturated rings. The zero-order chi connectivity index (χ0) is 20.1. The van der Waals surface area contributed by atoms with Gasteiger partial charge in [-0.05, 0) is 18.3 Å². The molecule has 146 valence electrons. The lowest BCUT2D eigenvalue weighted by Gasteiger charge is -2.39. The standard InChI is InChI=1S/C20H24N6O2/c1-20(2,3)16(19(28)26-9-12(10-26)21-4)25-18(27)13-7-22-17-15(13)24-14(8-23-17)11-5-6-11/h7-8,11-12,16H,5-6,9-10H2,1-3H3,(H,22,23)(H,25,27)/t16-/m0/s1. The van der Waals surface area contributed by atoms with Gasteiger partial charge in [0.15, 0.2) is 5.65 Å². The van der Waals surface area contributed by atoms with Gasteiger partial charge in [-0.15, -0.1) is 0 Å². The fourth-order valence-electron chi connectivity index (χ4n) is 3.41. The summed E-state index contributed by atoms with van der Waals surface area (Å²) in [5.41, 5.74) is 1.95. The molecule has 2 amide bonds. The molecule has 1 aliphatic carbocycles. The molecule has 2 N–H and O–H groups in total. The van der Waals surface area contributed by atoms with Crippen LogP contribution in [0.1, 0.15) is 55.6 Å². The number of nitrogens with zero attached hydrogens (tertiary/aromatic N) is 4. The zero-order valence-electron chi connectivity index (χ0n) is 16.3. The van der Waals surface area contributed by atoms with Crippen LogP contribution in [0, 0.1) is 12.0 Å². The molecule has 1 atom stereocenters. The highest BCUT2D eigenvalue weighted by Crippen LogP contribution is 2.39. The van der Waals surface area contributed by atoms with Gasteiger partial charge in [0.1, 0.15) is 11.6 Å². The molecule has 2 aromatic heterocycles. The Morgan fingerprint density at radius 1 is 1.36 bits per heavy atom. The van der Waals surface area contributed by atoms with Gasteiger partial charge in [0, 0.05) is 12.1 Å². The summed E-state index contributed by atoms with van der Waals surface area (Å²) in [6, 6.07) is -0.818. The van der Waals surface area contributed by atoms with Crippen LogP contribution in [0.4, 0.5) is 0 Å². The maximum absolute atomic E-state index is 13.0. The first-order valence-electron chi connectivity index (χ1n) is 9.58. The van der Waals surface area contributed by atoms with E-state index >= 15 is 0 Å². The summed E-state index contributed by atoms with van der Waals surface area (Å²) in [5.74, 6) is -0.0530. The average molecular weight is 380 g/mol. The van der Waals surface area contributed by atoms with E-state index in [2.05, 4.69) is 25.1 Å². The number of amides is 2. The third-order valence-corrected chi connectivity index (χ3v) is 5.38. The number of rotatable bonds is 4. The highest BCUT2D eigenvalue weighted by atomic mass is 16.2. The SMILES string of the molecule is [C-]#[N+]C1CN(C(=O)[C@H](NC(=O)c2c[nH]c3ncc(C4CC4)nc23)C(C)(C)C)C1.